The van der Waals surface area contributed by atoms with Crippen molar-refractivity contribution < 1.29 is 0 Å². The molecule has 10 rings (SSSR count). The molecule has 0 fully saturated rings. The summed E-state index contributed by atoms with van der Waals surface area (Å²) in [5.41, 5.74) is 16.0. The summed E-state index contributed by atoms with van der Waals surface area (Å²) in [5, 5.41) is 5.54. The van der Waals surface area contributed by atoms with Crippen LogP contribution in [-0.2, 0) is 0 Å². The Morgan fingerprint density at radius 3 is 0.689 bits per heavy atom. The summed E-state index contributed by atoms with van der Waals surface area (Å²) in [7, 11) is -3.25. The van der Waals surface area contributed by atoms with Gasteiger partial charge in [-0.3, -0.25) is 0 Å². The van der Waals surface area contributed by atoms with Crippen LogP contribution in [-0.4, -0.2) is 8.07 Å². The highest BCUT2D eigenvalue weighted by Crippen LogP contribution is 2.37. The molecule has 0 aromatic heterocycles. The number of allylic oxidation sites excluding steroid dienone is 4. The first-order valence-corrected chi connectivity index (χ1v) is 23.3. The zero-order valence-electron chi connectivity index (χ0n) is 34.4. The maximum absolute atomic E-state index is 3.25. The van der Waals surface area contributed by atoms with E-state index in [-0.39, 0.29) is 0 Å². The lowest BCUT2D eigenvalue weighted by atomic mass is 9.98. The van der Waals surface area contributed by atoms with E-state index >= 15 is 0 Å². The molecule has 0 N–H and O–H groups in total. The largest absolute Gasteiger partial charge is 0.179 e. The maximum atomic E-state index is 2.55. The van der Waals surface area contributed by atoms with E-state index in [1.165, 1.54) is 93.1 Å². The third kappa shape index (κ3) is 7.46. The van der Waals surface area contributed by atoms with Crippen molar-refractivity contribution in [3.05, 3.63) is 260 Å². The van der Waals surface area contributed by atoms with Crippen LogP contribution in [0.3, 0.4) is 0 Å². The van der Waals surface area contributed by atoms with Gasteiger partial charge < -0.3 is 0 Å². The third-order valence-corrected chi connectivity index (χ3v) is 17.2. The van der Waals surface area contributed by atoms with Crippen molar-refractivity contribution >= 4 is 23.6 Å². The van der Waals surface area contributed by atoms with Gasteiger partial charge >= 0.3 is 0 Å². The minimum atomic E-state index is -3.25. The minimum Gasteiger partial charge on any atom is -0.0801 e. The molecule has 1 heteroatoms. The Hall–Kier alpha value is -7.32. The van der Waals surface area contributed by atoms with Gasteiger partial charge in [0.05, 0.1) is 0 Å². The molecular weight excluding hydrogens is 749 g/mol. The molecule has 0 heterocycles. The van der Waals surface area contributed by atoms with Crippen molar-refractivity contribution in [1.29, 1.82) is 0 Å². The molecule has 0 aliphatic heterocycles. The maximum Gasteiger partial charge on any atom is 0.179 e. The monoisotopic (exact) mass is 794 g/mol. The zero-order valence-corrected chi connectivity index (χ0v) is 35.4. The van der Waals surface area contributed by atoms with Crippen molar-refractivity contribution in [3.63, 3.8) is 0 Å². The fraction of sp³-hybridized carbons (Fsp3) is 0.0333. The number of rotatable bonds is 10. The summed E-state index contributed by atoms with van der Waals surface area (Å²) in [6.07, 6.45) is 5.90. The summed E-state index contributed by atoms with van der Waals surface area (Å²) in [4.78, 5) is 0. The molecule has 0 atom stereocenters. The van der Waals surface area contributed by atoms with Crippen LogP contribution in [0.5, 0.6) is 0 Å². The Morgan fingerprint density at radius 1 is 0.262 bits per heavy atom. The second-order valence-electron chi connectivity index (χ2n) is 16.1. The van der Waals surface area contributed by atoms with E-state index in [9.17, 15) is 0 Å². The van der Waals surface area contributed by atoms with E-state index < -0.39 is 8.07 Å². The van der Waals surface area contributed by atoms with E-state index in [1.807, 2.05) is 0 Å². The van der Waals surface area contributed by atoms with Crippen LogP contribution in [0.4, 0.5) is 0 Å². The first kappa shape index (κ1) is 37.9. The predicted octanol–water partition coefficient (Wildman–Crippen LogP) is 14.0. The van der Waals surface area contributed by atoms with E-state index in [4.69, 9.17) is 0 Å². The topological polar surface area (TPSA) is 0 Å². The summed E-state index contributed by atoms with van der Waals surface area (Å²) in [5.74, 6) is 0. The average Bonchev–Trinajstić information content (AvgIpc) is 3.78. The molecule has 61 heavy (non-hydrogen) atoms. The molecule has 1 aliphatic carbocycles. The Labute approximate surface area is 361 Å². The Balaban J connectivity index is 1.40. The van der Waals surface area contributed by atoms with Crippen LogP contribution in [0.2, 0.25) is 0 Å². The van der Waals surface area contributed by atoms with Crippen LogP contribution in [0, 0.1) is 0 Å². The Kier molecular flexibility index (Phi) is 10.4. The van der Waals surface area contributed by atoms with Gasteiger partial charge in [-0.1, -0.05) is 236 Å². The summed E-state index contributed by atoms with van der Waals surface area (Å²) in [6.45, 7) is 2.35. The molecular formula is C60H46Si. The second-order valence-corrected chi connectivity index (χ2v) is 19.9. The molecule has 9 aromatic rings. The van der Waals surface area contributed by atoms with Crippen LogP contribution in [0.15, 0.2) is 260 Å². The fourth-order valence-corrected chi connectivity index (χ4v) is 14.6. The lowest BCUT2D eigenvalue weighted by Crippen LogP contribution is -2.69. The van der Waals surface area contributed by atoms with Gasteiger partial charge in [-0.2, -0.15) is 0 Å². The average molecular weight is 795 g/mol. The summed E-state index contributed by atoms with van der Waals surface area (Å²) >= 11 is 0. The van der Waals surface area contributed by atoms with Gasteiger partial charge in [0, 0.05) is 0 Å². The highest BCUT2D eigenvalue weighted by Gasteiger charge is 2.46. The smallest absolute Gasteiger partial charge is 0.0801 e. The molecule has 0 spiro atoms. The number of hydrogen-bond acceptors (Lipinski definition) is 0. The van der Waals surface area contributed by atoms with E-state index in [1.54, 1.807) is 0 Å². The quantitative estimate of drug-likeness (QED) is 0.0955. The van der Waals surface area contributed by atoms with Crippen molar-refractivity contribution in [2.24, 2.45) is 0 Å². The second kappa shape index (κ2) is 16.7. The molecule has 9 aromatic carbocycles. The van der Waals surface area contributed by atoms with Crippen molar-refractivity contribution in [3.8, 4) is 66.8 Å². The minimum absolute atomic E-state index is 0.910. The van der Waals surface area contributed by atoms with Crippen molar-refractivity contribution in [2.75, 3.05) is 0 Å². The van der Waals surface area contributed by atoms with Crippen LogP contribution < -0.4 is 15.6 Å². The highest BCUT2D eigenvalue weighted by atomic mass is 28.3. The van der Waals surface area contributed by atoms with Gasteiger partial charge in [0.1, 0.15) is 0 Å². The molecule has 0 unspecified atom stereocenters. The van der Waals surface area contributed by atoms with E-state index in [0.717, 1.165) is 6.42 Å². The normalized spacial score (nSPS) is 12.5. The first-order valence-electron chi connectivity index (χ1n) is 21.3. The molecule has 0 amide bonds. The lowest BCUT2D eigenvalue weighted by Gasteiger charge is -2.38. The van der Waals surface area contributed by atoms with Gasteiger partial charge in [-0.05, 0) is 119 Å². The molecule has 290 valence electrons. The van der Waals surface area contributed by atoms with Gasteiger partial charge in [0.15, 0.2) is 8.07 Å². The van der Waals surface area contributed by atoms with Gasteiger partial charge in [-0.25, -0.2) is 0 Å². The van der Waals surface area contributed by atoms with Gasteiger partial charge in [0.2, 0.25) is 0 Å². The van der Waals surface area contributed by atoms with E-state index in [2.05, 4.69) is 256 Å². The molecule has 0 bridgehead atoms. The van der Waals surface area contributed by atoms with Gasteiger partial charge in [-0.15, -0.1) is 0 Å². The first-order chi connectivity index (χ1) is 30.1. The van der Waals surface area contributed by atoms with Crippen LogP contribution in [0.1, 0.15) is 13.3 Å². The van der Waals surface area contributed by atoms with E-state index in [0.29, 0.717) is 0 Å². The molecule has 1 aliphatic rings. The standard InChI is InChI=1S/C60H46Si/c1-44-21-20-34-60(44)61(57-38-51(45-22-8-2-9-23-45)35-52(39-57)46-24-10-3-11-25-46,58-40-53(47-26-12-4-13-27-47)36-54(41-58)48-28-14-5-15-29-48)59-42-55(49-30-16-6-17-31-49)37-56(43-59)50-32-18-7-19-33-50/h2-19,21-43H,20H2,1H3. The molecule has 0 radical (unpaired) electrons. The SMILES string of the molecule is CC1=CCC=C1[Si](c1cc(-c2ccccc2)cc(-c2ccccc2)c1)(c1cc(-c2ccccc2)cc(-c2ccccc2)c1)c1cc(-c2ccccc2)cc(-c2ccccc2)c1. The third-order valence-electron chi connectivity index (χ3n) is 12.3. The molecule has 0 saturated carbocycles. The zero-order chi connectivity index (χ0) is 41.0. The lowest BCUT2D eigenvalue weighted by molar-refractivity contribution is 1.42. The Morgan fingerprint density at radius 2 is 0.492 bits per heavy atom. The molecule has 0 nitrogen and oxygen atoms in total. The predicted molar refractivity (Wildman–Crippen MR) is 263 cm³/mol. The fourth-order valence-electron chi connectivity index (χ4n) is 9.36. The Bertz CT molecular complexity index is 2530. The highest BCUT2D eigenvalue weighted by molar-refractivity contribution is 7.17. The van der Waals surface area contributed by atoms with Crippen LogP contribution >= 0.6 is 0 Å². The number of benzene rings is 9. The summed E-state index contributed by atoms with van der Waals surface area (Å²) in [6, 6.07) is 88.0. The van der Waals surface area contributed by atoms with Crippen LogP contribution in [0.25, 0.3) is 66.8 Å². The summed E-state index contributed by atoms with van der Waals surface area (Å²) < 4.78 is 0. The van der Waals surface area contributed by atoms with Crippen molar-refractivity contribution in [1.82, 2.24) is 0 Å². The molecule has 0 saturated heterocycles. The van der Waals surface area contributed by atoms with Crippen molar-refractivity contribution in [2.45, 2.75) is 13.3 Å². The van der Waals surface area contributed by atoms with Gasteiger partial charge in [0.25, 0.3) is 0 Å². The number of hydrogen-bond donors (Lipinski definition) is 0.